The molecule has 1 saturated heterocycles. The van der Waals surface area contributed by atoms with E-state index >= 15 is 0 Å². The molecule has 0 bridgehead atoms. The van der Waals surface area contributed by atoms with Crippen LogP contribution in [0.15, 0.2) is 54.6 Å². The summed E-state index contributed by atoms with van der Waals surface area (Å²) in [6, 6.07) is 13.9. The smallest absolute Gasteiger partial charge is 0.289 e. The Morgan fingerprint density at radius 3 is 2.42 bits per heavy atom. The zero-order valence-electron chi connectivity index (χ0n) is 25.5. The van der Waals surface area contributed by atoms with Gasteiger partial charge in [-0.2, -0.15) is 0 Å². The van der Waals surface area contributed by atoms with E-state index in [1.807, 2.05) is 30.3 Å². The van der Waals surface area contributed by atoms with Crippen LogP contribution in [-0.4, -0.2) is 66.2 Å². The molecule has 2 fully saturated rings. The van der Waals surface area contributed by atoms with Gasteiger partial charge < -0.3 is 31.0 Å². The quantitative estimate of drug-likeness (QED) is 0.197. The molecule has 2 heterocycles. The van der Waals surface area contributed by atoms with Crippen LogP contribution in [0.3, 0.4) is 0 Å². The maximum atomic E-state index is 13.9. The lowest BCUT2D eigenvalue weighted by Gasteiger charge is -2.28. The van der Waals surface area contributed by atoms with Gasteiger partial charge in [-0.15, -0.1) is 0 Å². The number of piperidine rings is 1. The van der Waals surface area contributed by atoms with Gasteiger partial charge in [-0.25, -0.2) is 0 Å². The number of aromatic nitrogens is 1. The number of fused-ring (bicyclic) bond motifs is 1. The summed E-state index contributed by atoms with van der Waals surface area (Å²) in [6.45, 7) is 0.550. The molecule has 2 aliphatic rings. The molecule has 3 atom stereocenters. The van der Waals surface area contributed by atoms with Crippen LogP contribution in [0.25, 0.3) is 10.9 Å². The van der Waals surface area contributed by atoms with Crippen LogP contribution in [0.4, 0.5) is 0 Å². The largest absolute Gasteiger partial charge is 0.497 e. The van der Waals surface area contributed by atoms with Crippen molar-refractivity contribution in [2.75, 3.05) is 13.7 Å². The van der Waals surface area contributed by atoms with Gasteiger partial charge in [0.15, 0.2) is 0 Å². The Balaban J connectivity index is 1.36. The number of hydrogen-bond donors (Lipinski definition) is 5. The van der Waals surface area contributed by atoms with E-state index < -0.39 is 41.5 Å². The minimum Gasteiger partial charge on any atom is -0.497 e. The maximum absolute atomic E-state index is 13.9. The number of carbonyl (C=O) groups is 5. The average molecular weight is 616 g/mol. The Labute approximate surface area is 262 Å². The van der Waals surface area contributed by atoms with Gasteiger partial charge in [-0.3, -0.25) is 24.0 Å². The highest BCUT2D eigenvalue weighted by molar-refractivity contribution is 6.38. The summed E-state index contributed by atoms with van der Waals surface area (Å²) in [5, 5.41) is 12.0. The number of H-pyrrole nitrogens is 1. The van der Waals surface area contributed by atoms with Crippen LogP contribution in [0.1, 0.15) is 67.4 Å². The van der Waals surface area contributed by atoms with Crippen LogP contribution in [0, 0.1) is 5.92 Å². The molecule has 238 valence electrons. The Kier molecular flexibility index (Phi) is 10.5. The first-order chi connectivity index (χ1) is 21.8. The molecule has 0 spiro atoms. The molecule has 3 aromatic rings. The Morgan fingerprint density at radius 2 is 1.69 bits per heavy atom. The Bertz CT molecular complexity index is 1530. The van der Waals surface area contributed by atoms with Crippen molar-refractivity contribution in [3.05, 3.63) is 65.9 Å². The van der Waals surface area contributed by atoms with E-state index in [0.717, 1.165) is 55.0 Å². The first kappa shape index (κ1) is 31.7. The van der Waals surface area contributed by atoms with Crippen LogP contribution < -0.4 is 26.0 Å². The van der Waals surface area contributed by atoms with Gasteiger partial charge in [0.1, 0.15) is 17.5 Å². The van der Waals surface area contributed by atoms with Crippen molar-refractivity contribution >= 4 is 40.3 Å². The summed E-state index contributed by atoms with van der Waals surface area (Å²) >= 11 is 0. The normalized spacial score (nSPS) is 18.3. The van der Waals surface area contributed by atoms with E-state index in [4.69, 9.17) is 4.74 Å². The van der Waals surface area contributed by atoms with Crippen LogP contribution >= 0.6 is 0 Å². The van der Waals surface area contributed by atoms with E-state index in [9.17, 15) is 24.0 Å². The molecule has 1 aliphatic heterocycles. The van der Waals surface area contributed by atoms with Crippen LogP contribution in [0.5, 0.6) is 5.75 Å². The van der Waals surface area contributed by atoms with Crippen LogP contribution in [0.2, 0.25) is 0 Å². The number of ether oxygens (including phenoxy) is 1. The fourth-order valence-corrected chi connectivity index (χ4v) is 6.17. The number of carbonyl (C=O) groups excluding carboxylic acids is 5. The molecule has 0 unspecified atom stereocenters. The highest BCUT2D eigenvalue weighted by Crippen LogP contribution is 2.22. The Morgan fingerprint density at radius 1 is 0.911 bits per heavy atom. The summed E-state index contributed by atoms with van der Waals surface area (Å²) in [5.41, 5.74) is 1.77. The third-order valence-electron chi connectivity index (χ3n) is 8.69. The monoisotopic (exact) mass is 615 g/mol. The number of benzene rings is 2. The molecular formula is C34H41N5O6. The van der Waals surface area contributed by atoms with Gasteiger partial charge in [-0.05, 0) is 61.9 Å². The average Bonchev–Trinajstić information content (AvgIpc) is 3.49. The molecule has 45 heavy (non-hydrogen) atoms. The van der Waals surface area contributed by atoms with Crippen molar-refractivity contribution in [2.45, 2.75) is 75.9 Å². The highest BCUT2D eigenvalue weighted by atomic mass is 16.5. The molecular weight excluding hydrogens is 574 g/mol. The van der Waals surface area contributed by atoms with E-state index in [1.165, 1.54) is 0 Å². The minimum atomic E-state index is -1.23. The first-order valence-corrected chi connectivity index (χ1v) is 15.7. The number of methoxy groups -OCH3 is 1. The van der Waals surface area contributed by atoms with Crippen molar-refractivity contribution in [1.82, 2.24) is 26.3 Å². The van der Waals surface area contributed by atoms with Gasteiger partial charge in [-0.1, -0.05) is 49.6 Å². The third kappa shape index (κ3) is 8.29. The number of aromatic amines is 1. The molecule has 0 radical (unpaired) electrons. The van der Waals surface area contributed by atoms with Crippen LogP contribution in [-0.2, 0) is 25.6 Å². The van der Waals surface area contributed by atoms with Crippen molar-refractivity contribution in [2.24, 2.45) is 5.92 Å². The summed E-state index contributed by atoms with van der Waals surface area (Å²) in [5.74, 6) is -2.77. The molecule has 1 aromatic heterocycles. The summed E-state index contributed by atoms with van der Waals surface area (Å²) in [4.78, 5) is 69.7. The number of amides is 4. The van der Waals surface area contributed by atoms with Gasteiger partial charge in [0, 0.05) is 35.8 Å². The zero-order chi connectivity index (χ0) is 31.8. The topological polar surface area (TPSA) is 158 Å². The second-order valence-corrected chi connectivity index (χ2v) is 12.0. The van der Waals surface area contributed by atoms with Gasteiger partial charge >= 0.3 is 0 Å². The highest BCUT2D eigenvalue weighted by Gasteiger charge is 2.35. The standard InChI is InChI=1S/C34H41N5O6/c1-45-25-14-15-26-23(18-25)20-29(37-26)33(43)39-28(17-21-9-4-2-5-10-21)32(42)38-27(19-22-11-8-16-35-31(22)41)30(40)34(44)36-24-12-6-3-7-13-24/h2,4-5,9-10,14-15,18,20,22,24,27-28,37H,3,6-8,11-13,16-17,19H2,1H3,(H,35,41)(H,36,44)(H,38,42)(H,39,43)/t22-,27-,28-/m0/s1. The van der Waals surface area contributed by atoms with E-state index in [-0.39, 0.29) is 30.5 Å². The van der Waals surface area contributed by atoms with Crippen molar-refractivity contribution < 1.29 is 28.7 Å². The van der Waals surface area contributed by atoms with Crippen molar-refractivity contribution in [3.8, 4) is 5.75 Å². The maximum Gasteiger partial charge on any atom is 0.289 e. The molecule has 2 aromatic carbocycles. The molecule has 5 rings (SSSR count). The second-order valence-electron chi connectivity index (χ2n) is 12.0. The predicted octanol–water partition coefficient (Wildman–Crippen LogP) is 2.94. The lowest BCUT2D eigenvalue weighted by molar-refractivity contribution is -0.141. The van der Waals surface area contributed by atoms with E-state index in [0.29, 0.717) is 18.7 Å². The SMILES string of the molecule is COc1ccc2[nH]c(C(=O)N[C@@H](Cc3ccccc3)C(=O)N[C@@H](C[C@@H]3CCCNC3=O)C(=O)C(=O)NC3CCCCC3)cc2c1. The fourth-order valence-electron chi connectivity index (χ4n) is 6.17. The third-order valence-corrected chi connectivity index (χ3v) is 8.69. The van der Waals surface area contributed by atoms with E-state index in [2.05, 4.69) is 26.3 Å². The molecule has 11 nitrogen and oxygen atoms in total. The predicted molar refractivity (Wildman–Crippen MR) is 169 cm³/mol. The number of rotatable bonds is 12. The number of ketones is 1. The van der Waals surface area contributed by atoms with Gasteiger partial charge in [0.05, 0.1) is 13.2 Å². The molecule has 1 aliphatic carbocycles. The summed E-state index contributed by atoms with van der Waals surface area (Å²) < 4.78 is 5.28. The summed E-state index contributed by atoms with van der Waals surface area (Å²) in [7, 11) is 1.56. The van der Waals surface area contributed by atoms with E-state index in [1.54, 1.807) is 31.4 Å². The number of hydrogen-bond acceptors (Lipinski definition) is 6. The second kappa shape index (κ2) is 14.9. The number of nitrogens with one attached hydrogen (secondary N) is 5. The van der Waals surface area contributed by atoms with Crippen molar-refractivity contribution in [1.29, 1.82) is 0 Å². The number of Topliss-reactive ketones (excluding diaryl/α,β-unsaturated/α-hetero) is 1. The van der Waals surface area contributed by atoms with Crippen molar-refractivity contribution in [3.63, 3.8) is 0 Å². The summed E-state index contributed by atoms with van der Waals surface area (Å²) in [6.07, 6.45) is 6.07. The van der Waals surface area contributed by atoms with Gasteiger partial charge in [0.2, 0.25) is 17.6 Å². The minimum absolute atomic E-state index is 0.00958. The zero-order valence-corrected chi connectivity index (χ0v) is 25.5. The first-order valence-electron chi connectivity index (χ1n) is 15.7. The Hall–Kier alpha value is -4.67. The molecule has 1 saturated carbocycles. The molecule has 11 heteroatoms. The van der Waals surface area contributed by atoms with Gasteiger partial charge in [0.25, 0.3) is 11.8 Å². The lowest BCUT2D eigenvalue weighted by atomic mass is 9.89. The molecule has 5 N–H and O–H groups in total. The lowest BCUT2D eigenvalue weighted by Crippen LogP contribution is -2.56. The fraction of sp³-hybridized carbons (Fsp3) is 0.441. The molecule has 4 amide bonds.